The van der Waals surface area contributed by atoms with Gasteiger partial charge in [0.15, 0.2) is 0 Å². The minimum absolute atomic E-state index is 0.748. The highest BCUT2D eigenvalue weighted by Gasteiger charge is 2.16. The second-order valence-electron chi connectivity index (χ2n) is 7.11. The largest absolute Gasteiger partial charge is 0.398 e. The number of aryl methyl sites for hydroxylation is 1. The molecule has 0 unspecified atom stereocenters. The Morgan fingerprint density at radius 1 is 0.724 bits per heavy atom. The number of hydrogen-bond acceptors (Lipinski definition) is 1. The van der Waals surface area contributed by atoms with Crippen LogP contribution in [0.3, 0.4) is 0 Å². The Labute approximate surface area is 174 Å². The topological polar surface area (TPSA) is 26.0 Å². The van der Waals surface area contributed by atoms with Crippen LogP contribution in [0.15, 0.2) is 98.6 Å². The van der Waals surface area contributed by atoms with E-state index in [9.17, 15) is 0 Å². The first-order valence-corrected chi connectivity index (χ1v) is 9.70. The molecule has 1 nitrogen and oxygen atoms in total. The van der Waals surface area contributed by atoms with Crippen molar-refractivity contribution in [1.82, 2.24) is 0 Å². The van der Waals surface area contributed by atoms with Gasteiger partial charge in [0.25, 0.3) is 0 Å². The van der Waals surface area contributed by atoms with E-state index in [-0.39, 0.29) is 0 Å². The van der Waals surface area contributed by atoms with Gasteiger partial charge in [-0.15, -0.1) is 0 Å². The van der Waals surface area contributed by atoms with E-state index in [4.69, 9.17) is 5.73 Å². The van der Waals surface area contributed by atoms with Crippen molar-refractivity contribution in [3.8, 4) is 11.1 Å². The van der Waals surface area contributed by atoms with Crippen LogP contribution in [0.1, 0.15) is 29.2 Å². The molecule has 1 heteroatoms. The van der Waals surface area contributed by atoms with Crippen LogP contribution in [-0.2, 0) is 0 Å². The second-order valence-corrected chi connectivity index (χ2v) is 7.11. The van der Waals surface area contributed by atoms with E-state index in [1.165, 1.54) is 0 Å². The van der Waals surface area contributed by atoms with Gasteiger partial charge in [-0.25, -0.2) is 0 Å². The maximum absolute atomic E-state index is 6.32. The van der Waals surface area contributed by atoms with Crippen molar-refractivity contribution in [3.63, 3.8) is 0 Å². The summed E-state index contributed by atoms with van der Waals surface area (Å²) < 4.78 is 0. The van der Waals surface area contributed by atoms with Crippen LogP contribution in [-0.4, -0.2) is 0 Å². The van der Waals surface area contributed by atoms with Crippen LogP contribution < -0.4 is 5.73 Å². The second kappa shape index (κ2) is 8.62. The SMILES string of the molecule is C=C(/C=C\C)c1ccccc1-c1ccccc1C(=C)C(=C)c1cccc(C)c1N. The maximum atomic E-state index is 6.32. The number of anilines is 1. The molecule has 2 N–H and O–H groups in total. The van der Waals surface area contributed by atoms with E-state index in [1.807, 2.05) is 62.4 Å². The Morgan fingerprint density at radius 2 is 1.24 bits per heavy atom. The molecular weight excluding hydrogens is 350 g/mol. The molecule has 0 aliphatic carbocycles. The monoisotopic (exact) mass is 377 g/mol. The summed E-state index contributed by atoms with van der Waals surface area (Å²) in [6.45, 7) is 16.9. The van der Waals surface area contributed by atoms with Gasteiger partial charge in [-0.2, -0.15) is 0 Å². The average Bonchev–Trinajstić information content (AvgIpc) is 2.75. The van der Waals surface area contributed by atoms with Crippen molar-refractivity contribution in [2.75, 3.05) is 5.73 Å². The number of nitrogens with two attached hydrogens (primary N) is 1. The lowest BCUT2D eigenvalue weighted by molar-refractivity contribution is 1.45. The van der Waals surface area contributed by atoms with Crippen LogP contribution in [0, 0.1) is 6.92 Å². The summed E-state index contributed by atoms with van der Waals surface area (Å²) in [6.07, 6.45) is 4.04. The van der Waals surface area contributed by atoms with Gasteiger partial charge in [0, 0.05) is 11.3 Å². The molecule has 3 rings (SSSR count). The van der Waals surface area contributed by atoms with E-state index in [0.717, 1.165) is 55.8 Å². The fourth-order valence-corrected chi connectivity index (χ4v) is 3.54. The molecule has 0 atom stereocenters. The molecule has 144 valence electrons. The van der Waals surface area contributed by atoms with Crippen molar-refractivity contribution >= 4 is 22.4 Å². The van der Waals surface area contributed by atoms with Crippen molar-refractivity contribution in [3.05, 3.63) is 121 Å². The Hall–Kier alpha value is -3.58. The highest BCUT2D eigenvalue weighted by atomic mass is 14.6. The van der Waals surface area contributed by atoms with E-state index in [0.29, 0.717) is 0 Å². The minimum atomic E-state index is 0.748. The predicted octanol–water partition coefficient (Wildman–Crippen LogP) is 7.56. The van der Waals surface area contributed by atoms with Crippen LogP contribution in [0.25, 0.3) is 27.8 Å². The number of nitrogen functional groups attached to an aromatic ring is 1. The van der Waals surface area contributed by atoms with E-state index >= 15 is 0 Å². The first-order chi connectivity index (χ1) is 14.0. The van der Waals surface area contributed by atoms with Gasteiger partial charge in [-0.05, 0) is 58.4 Å². The maximum Gasteiger partial charge on any atom is 0.0423 e. The molecule has 3 aromatic carbocycles. The lowest BCUT2D eigenvalue weighted by atomic mass is 9.86. The zero-order chi connectivity index (χ0) is 21.0. The van der Waals surface area contributed by atoms with Crippen molar-refractivity contribution in [2.45, 2.75) is 13.8 Å². The van der Waals surface area contributed by atoms with Crippen LogP contribution in [0.5, 0.6) is 0 Å². The molecular formula is C28H27N. The summed E-state index contributed by atoms with van der Waals surface area (Å²) >= 11 is 0. The molecule has 0 aliphatic heterocycles. The van der Waals surface area contributed by atoms with Crippen LogP contribution in [0.4, 0.5) is 5.69 Å². The molecule has 0 aliphatic rings. The number of para-hydroxylation sites is 1. The van der Waals surface area contributed by atoms with Crippen molar-refractivity contribution in [2.24, 2.45) is 0 Å². The molecule has 3 aromatic rings. The van der Waals surface area contributed by atoms with Gasteiger partial charge >= 0.3 is 0 Å². The molecule has 0 spiro atoms. The summed E-state index contributed by atoms with van der Waals surface area (Å²) in [7, 11) is 0. The van der Waals surface area contributed by atoms with Gasteiger partial charge in [0.2, 0.25) is 0 Å². The van der Waals surface area contributed by atoms with Gasteiger partial charge in [0.1, 0.15) is 0 Å². The number of rotatable bonds is 6. The average molecular weight is 378 g/mol. The normalized spacial score (nSPS) is 10.8. The Kier molecular flexibility index (Phi) is 5.99. The first kappa shape index (κ1) is 20.2. The Morgan fingerprint density at radius 3 is 1.90 bits per heavy atom. The van der Waals surface area contributed by atoms with Gasteiger partial charge in [-0.3, -0.25) is 0 Å². The third kappa shape index (κ3) is 4.00. The first-order valence-electron chi connectivity index (χ1n) is 9.70. The van der Waals surface area contributed by atoms with Crippen LogP contribution >= 0.6 is 0 Å². The standard InChI is InChI=1S/C28H27N/c1-6-12-19(2)23-14-7-9-16-26(23)27-17-10-8-15-24(27)21(4)22(5)25-18-11-13-20(3)28(25)29/h6-18H,2,4-5,29H2,1,3H3/b12-6-. The summed E-state index contributed by atoms with van der Waals surface area (Å²) in [5.41, 5.74) is 16.1. The molecule has 0 saturated heterocycles. The molecule has 0 fully saturated rings. The summed E-state index contributed by atoms with van der Waals surface area (Å²) in [4.78, 5) is 0. The molecule has 29 heavy (non-hydrogen) atoms. The fourth-order valence-electron chi connectivity index (χ4n) is 3.54. The number of benzene rings is 3. The molecule has 0 heterocycles. The Bertz CT molecular complexity index is 1130. The summed E-state index contributed by atoms with van der Waals surface area (Å²) in [5.74, 6) is 0. The molecule has 0 bridgehead atoms. The lowest BCUT2D eigenvalue weighted by Crippen LogP contribution is -1.99. The zero-order valence-corrected chi connectivity index (χ0v) is 17.2. The van der Waals surface area contributed by atoms with Crippen LogP contribution in [0.2, 0.25) is 0 Å². The van der Waals surface area contributed by atoms with Crippen molar-refractivity contribution < 1.29 is 0 Å². The quantitative estimate of drug-likeness (QED) is 0.348. The molecule has 0 saturated carbocycles. The number of allylic oxidation sites excluding steroid dienone is 5. The summed E-state index contributed by atoms with van der Waals surface area (Å²) in [6, 6.07) is 22.6. The lowest BCUT2D eigenvalue weighted by Gasteiger charge is -2.18. The van der Waals surface area contributed by atoms with Crippen molar-refractivity contribution in [1.29, 1.82) is 0 Å². The van der Waals surface area contributed by atoms with E-state index in [2.05, 4.69) is 50.1 Å². The van der Waals surface area contributed by atoms with Gasteiger partial charge in [0.05, 0.1) is 0 Å². The summed E-state index contributed by atoms with van der Waals surface area (Å²) in [5, 5.41) is 0. The number of hydrogen-bond donors (Lipinski definition) is 1. The highest BCUT2D eigenvalue weighted by molar-refractivity contribution is 6.08. The van der Waals surface area contributed by atoms with E-state index in [1.54, 1.807) is 0 Å². The smallest absolute Gasteiger partial charge is 0.0423 e. The molecule has 0 amide bonds. The molecule has 0 aromatic heterocycles. The predicted molar refractivity (Wildman–Crippen MR) is 129 cm³/mol. The Balaban J connectivity index is 2.12. The fraction of sp³-hybridized carbons (Fsp3) is 0.0714. The molecule has 0 radical (unpaired) electrons. The third-order valence-electron chi connectivity index (χ3n) is 5.20. The minimum Gasteiger partial charge on any atom is -0.398 e. The highest BCUT2D eigenvalue weighted by Crippen LogP contribution is 2.39. The van der Waals surface area contributed by atoms with Gasteiger partial charge in [-0.1, -0.05) is 98.6 Å². The van der Waals surface area contributed by atoms with Gasteiger partial charge < -0.3 is 5.73 Å². The van der Waals surface area contributed by atoms with E-state index < -0.39 is 0 Å². The zero-order valence-electron chi connectivity index (χ0n) is 17.2. The third-order valence-corrected chi connectivity index (χ3v) is 5.20.